The van der Waals surface area contributed by atoms with Gasteiger partial charge in [0.25, 0.3) is 0 Å². The van der Waals surface area contributed by atoms with Gasteiger partial charge < -0.3 is 20.3 Å². The monoisotopic (exact) mass is 400 g/mol. The Morgan fingerprint density at radius 3 is 2.57 bits per heavy atom. The molecule has 2 aliphatic rings. The fourth-order valence-electron chi connectivity index (χ4n) is 4.04. The Hall–Kier alpha value is -2.31. The van der Waals surface area contributed by atoms with Crippen molar-refractivity contribution in [2.45, 2.75) is 12.8 Å². The lowest BCUT2D eigenvalue weighted by atomic mass is 9.95. The third-order valence-corrected chi connectivity index (χ3v) is 5.90. The van der Waals surface area contributed by atoms with Gasteiger partial charge in [-0.25, -0.2) is 0 Å². The molecule has 7 heteroatoms. The summed E-state index contributed by atoms with van der Waals surface area (Å²) in [6.07, 6.45) is 5.06. The zero-order chi connectivity index (χ0) is 19.5. The molecule has 148 valence electrons. The minimum atomic E-state index is -0.209. The number of piperidine rings is 1. The minimum Gasteiger partial charge on any atom is -0.378 e. The smallest absolute Gasteiger partial charge is 0.220 e. The van der Waals surface area contributed by atoms with E-state index in [-0.39, 0.29) is 11.8 Å². The third kappa shape index (κ3) is 3.93. The Balaban J connectivity index is 1.64. The Labute approximate surface area is 170 Å². The Morgan fingerprint density at radius 2 is 1.86 bits per heavy atom. The van der Waals surface area contributed by atoms with Gasteiger partial charge in [0.2, 0.25) is 5.91 Å². The van der Waals surface area contributed by atoms with Crippen LogP contribution in [0, 0.1) is 5.92 Å². The van der Waals surface area contributed by atoms with Crippen molar-refractivity contribution in [2.24, 2.45) is 11.7 Å². The number of hydrogen-bond acceptors (Lipinski definition) is 5. The van der Waals surface area contributed by atoms with Crippen molar-refractivity contribution in [2.75, 3.05) is 49.2 Å². The van der Waals surface area contributed by atoms with Gasteiger partial charge in [-0.3, -0.25) is 9.78 Å². The highest BCUT2D eigenvalue weighted by molar-refractivity contribution is 6.33. The highest BCUT2D eigenvalue weighted by Gasteiger charge is 2.26. The number of amides is 1. The van der Waals surface area contributed by atoms with Crippen molar-refractivity contribution < 1.29 is 9.53 Å². The highest BCUT2D eigenvalue weighted by Crippen LogP contribution is 2.39. The van der Waals surface area contributed by atoms with E-state index in [1.54, 1.807) is 6.20 Å². The van der Waals surface area contributed by atoms with Gasteiger partial charge in [0, 0.05) is 55.7 Å². The molecule has 2 fully saturated rings. The minimum absolute atomic E-state index is 0.0510. The number of pyridine rings is 1. The predicted molar refractivity (Wildman–Crippen MR) is 112 cm³/mol. The molecule has 2 aliphatic heterocycles. The molecule has 2 saturated heterocycles. The summed E-state index contributed by atoms with van der Waals surface area (Å²) in [7, 11) is 0. The van der Waals surface area contributed by atoms with Gasteiger partial charge in [0.05, 0.1) is 23.9 Å². The van der Waals surface area contributed by atoms with E-state index in [1.165, 1.54) is 5.69 Å². The molecule has 28 heavy (non-hydrogen) atoms. The first-order chi connectivity index (χ1) is 13.6. The molecule has 0 atom stereocenters. The molecule has 1 aromatic heterocycles. The zero-order valence-electron chi connectivity index (χ0n) is 15.8. The number of anilines is 2. The number of nitrogens with zero attached hydrogens (tertiary/aromatic N) is 3. The van der Waals surface area contributed by atoms with Crippen LogP contribution < -0.4 is 15.5 Å². The molecule has 0 radical (unpaired) electrons. The molecule has 1 amide bonds. The number of morpholine rings is 1. The van der Waals surface area contributed by atoms with E-state index in [4.69, 9.17) is 22.1 Å². The summed E-state index contributed by atoms with van der Waals surface area (Å²) < 4.78 is 5.47. The van der Waals surface area contributed by atoms with E-state index in [2.05, 4.69) is 39.0 Å². The van der Waals surface area contributed by atoms with Crippen molar-refractivity contribution in [3.05, 3.63) is 41.7 Å². The summed E-state index contributed by atoms with van der Waals surface area (Å²) in [5.74, 6) is -0.260. The second kappa shape index (κ2) is 8.37. The zero-order valence-corrected chi connectivity index (χ0v) is 16.6. The lowest BCUT2D eigenvalue weighted by Gasteiger charge is -2.34. The van der Waals surface area contributed by atoms with Crippen LogP contribution >= 0.6 is 11.6 Å². The predicted octanol–water partition coefficient (Wildman–Crippen LogP) is 2.94. The van der Waals surface area contributed by atoms with Crippen LogP contribution in [0.1, 0.15) is 12.8 Å². The van der Waals surface area contributed by atoms with Crippen LogP contribution in [0.3, 0.4) is 0 Å². The number of primary amides is 1. The molecule has 6 nitrogen and oxygen atoms in total. The molecule has 1 aromatic carbocycles. The summed E-state index contributed by atoms with van der Waals surface area (Å²) in [4.78, 5) is 20.4. The van der Waals surface area contributed by atoms with Crippen molar-refractivity contribution in [1.82, 2.24) is 4.98 Å². The molecule has 2 N–H and O–H groups in total. The first kappa shape index (κ1) is 19.0. The fourth-order valence-corrected chi connectivity index (χ4v) is 4.32. The normalized spacial score (nSPS) is 18.3. The Kier molecular flexibility index (Phi) is 5.69. The van der Waals surface area contributed by atoms with Crippen LogP contribution in [0.15, 0.2) is 36.7 Å². The van der Waals surface area contributed by atoms with Crippen LogP contribution in [-0.4, -0.2) is 50.3 Å². The van der Waals surface area contributed by atoms with Crippen LogP contribution in [-0.2, 0) is 9.53 Å². The molecule has 0 unspecified atom stereocenters. The molecule has 4 rings (SSSR count). The van der Waals surface area contributed by atoms with Gasteiger partial charge in [-0.05, 0) is 30.5 Å². The first-order valence-corrected chi connectivity index (χ1v) is 10.1. The summed E-state index contributed by atoms with van der Waals surface area (Å²) in [6.45, 7) is 4.81. The van der Waals surface area contributed by atoms with Gasteiger partial charge in [-0.2, -0.15) is 0 Å². The largest absolute Gasteiger partial charge is 0.378 e. The first-order valence-electron chi connectivity index (χ1n) is 9.74. The quantitative estimate of drug-likeness (QED) is 0.854. The van der Waals surface area contributed by atoms with Crippen molar-refractivity contribution in [3.8, 4) is 11.1 Å². The SMILES string of the molecule is NC(=O)C1CCN(c2c(Cl)cncc2-c2cccc(N3CCOCC3)c2)CC1. The summed E-state index contributed by atoms with van der Waals surface area (Å²) in [5, 5.41) is 0.631. The molecule has 3 heterocycles. The molecular formula is C21H25ClN4O2. The van der Waals surface area contributed by atoms with Crippen molar-refractivity contribution in [3.63, 3.8) is 0 Å². The second-order valence-electron chi connectivity index (χ2n) is 7.33. The lowest BCUT2D eigenvalue weighted by Crippen LogP contribution is -2.39. The van der Waals surface area contributed by atoms with Gasteiger partial charge in [0.15, 0.2) is 0 Å². The number of hydrogen-bond donors (Lipinski definition) is 1. The van der Waals surface area contributed by atoms with Gasteiger partial charge in [-0.15, -0.1) is 0 Å². The Bertz CT molecular complexity index is 846. The number of carbonyl (C=O) groups excluding carboxylic acids is 1. The standard InChI is InChI=1S/C21H25ClN4O2/c22-19-14-24-13-18(20(19)26-6-4-15(5-7-26)21(23)27)16-2-1-3-17(12-16)25-8-10-28-11-9-25/h1-3,12-15H,4-11H2,(H2,23,27). The molecule has 0 spiro atoms. The maximum absolute atomic E-state index is 11.5. The van der Waals surface area contributed by atoms with Crippen LogP contribution in [0.2, 0.25) is 5.02 Å². The van der Waals surface area contributed by atoms with Crippen LogP contribution in [0.5, 0.6) is 0 Å². The second-order valence-corrected chi connectivity index (χ2v) is 7.74. The van der Waals surface area contributed by atoms with E-state index >= 15 is 0 Å². The maximum Gasteiger partial charge on any atom is 0.220 e. The van der Waals surface area contributed by atoms with Crippen LogP contribution in [0.25, 0.3) is 11.1 Å². The number of aromatic nitrogens is 1. The Morgan fingerprint density at radius 1 is 1.11 bits per heavy atom. The lowest BCUT2D eigenvalue weighted by molar-refractivity contribution is -0.122. The van der Waals surface area contributed by atoms with E-state index in [0.29, 0.717) is 5.02 Å². The summed E-state index contributed by atoms with van der Waals surface area (Å²) >= 11 is 6.58. The number of carbonyl (C=O) groups is 1. The van der Waals surface area contributed by atoms with E-state index in [9.17, 15) is 4.79 Å². The average molecular weight is 401 g/mol. The van der Waals surface area contributed by atoms with Gasteiger partial charge >= 0.3 is 0 Å². The topological polar surface area (TPSA) is 71.7 Å². The summed E-state index contributed by atoms with van der Waals surface area (Å²) in [6, 6.07) is 8.49. The molecule has 2 aromatic rings. The summed E-state index contributed by atoms with van der Waals surface area (Å²) in [5.41, 5.74) is 9.75. The van der Waals surface area contributed by atoms with E-state index in [1.807, 2.05) is 6.20 Å². The number of benzene rings is 1. The molecule has 0 bridgehead atoms. The molecule has 0 aliphatic carbocycles. The number of rotatable bonds is 4. The number of nitrogens with two attached hydrogens (primary N) is 1. The van der Waals surface area contributed by atoms with Crippen molar-refractivity contribution in [1.29, 1.82) is 0 Å². The van der Waals surface area contributed by atoms with Gasteiger partial charge in [-0.1, -0.05) is 23.7 Å². The van der Waals surface area contributed by atoms with Crippen LogP contribution in [0.4, 0.5) is 11.4 Å². The average Bonchev–Trinajstić information content (AvgIpc) is 2.74. The molecule has 0 saturated carbocycles. The number of ether oxygens (including phenoxy) is 1. The third-order valence-electron chi connectivity index (χ3n) is 5.62. The van der Waals surface area contributed by atoms with Gasteiger partial charge in [0.1, 0.15) is 0 Å². The maximum atomic E-state index is 11.5. The molecular weight excluding hydrogens is 376 g/mol. The van der Waals surface area contributed by atoms with Crippen molar-refractivity contribution >= 4 is 28.9 Å². The number of halogens is 1. The highest BCUT2D eigenvalue weighted by atomic mass is 35.5. The fraction of sp³-hybridized carbons (Fsp3) is 0.429. The van der Waals surface area contributed by atoms with E-state index in [0.717, 1.165) is 69.0 Å². The van der Waals surface area contributed by atoms with E-state index < -0.39 is 0 Å².